The summed E-state index contributed by atoms with van der Waals surface area (Å²) in [6, 6.07) is 0. The van der Waals surface area contributed by atoms with Gasteiger partial charge in [0.2, 0.25) is 0 Å². The largest absolute Gasteiger partial charge is 0.379 e. The van der Waals surface area contributed by atoms with E-state index in [1.165, 1.54) is 0 Å². The highest BCUT2D eigenvalue weighted by atomic mass is 32.2. The average Bonchev–Trinajstić information content (AvgIpc) is 1.97. The van der Waals surface area contributed by atoms with E-state index in [0.29, 0.717) is 0 Å². The summed E-state index contributed by atoms with van der Waals surface area (Å²) < 4.78 is 8.33. The van der Waals surface area contributed by atoms with Crippen LogP contribution in [0.2, 0.25) is 0 Å². The van der Waals surface area contributed by atoms with Gasteiger partial charge in [-0.1, -0.05) is 11.9 Å². The highest BCUT2D eigenvalue weighted by Gasteiger charge is 1.85. The molecule has 4 heteroatoms. The van der Waals surface area contributed by atoms with Gasteiger partial charge in [-0.05, 0) is 13.3 Å². The van der Waals surface area contributed by atoms with Gasteiger partial charge in [0.05, 0.1) is 13.2 Å². The second kappa shape index (κ2) is 9.23. The normalized spacial score (nSPS) is 10.2. The summed E-state index contributed by atoms with van der Waals surface area (Å²) in [5.41, 5.74) is 0. The van der Waals surface area contributed by atoms with E-state index in [1.54, 1.807) is 11.9 Å². The second-order valence-electron chi connectivity index (χ2n) is 1.81. The first-order valence-electron chi connectivity index (χ1n) is 3.40. The quantitative estimate of drug-likeness (QED) is 0.413. The van der Waals surface area contributed by atoms with Crippen LogP contribution >= 0.6 is 11.9 Å². The summed E-state index contributed by atoms with van der Waals surface area (Å²) in [4.78, 5) is 0. The minimum absolute atomic E-state index is 0.794. The van der Waals surface area contributed by atoms with Crippen LogP contribution in [0, 0.1) is 0 Å². The van der Waals surface area contributed by atoms with Crippen molar-refractivity contribution in [1.82, 2.24) is 10.0 Å². The van der Waals surface area contributed by atoms with E-state index < -0.39 is 0 Å². The Morgan fingerprint density at radius 3 is 2.60 bits per heavy atom. The molecule has 2 N–H and O–H groups in total. The van der Waals surface area contributed by atoms with Crippen molar-refractivity contribution in [3.8, 4) is 0 Å². The molecule has 0 saturated carbocycles. The molecule has 3 nitrogen and oxygen atoms in total. The zero-order chi connectivity index (χ0) is 7.66. The molecule has 0 unspecified atom stereocenters. The molecule has 0 atom stereocenters. The summed E-state index contributed by atoms with van der Waals surface area (Å²) in [5, 5.41) is 3.01. The van der Waals surface area contributed by atoms with Crippen molar-refractivity contribution in [2.75, 3.05) is 39.6 Å². The molecule has 0 bridgehead atoms. The van der Waals surface area contributed by atoms with Gasteiger partial charge in [0, 0.05) is 13.1 Å². The van der Waals surface area contributed by atoms with E-state index in [9.17, 15) is 0 Å². The summed E-state index contributed by atoms with van der Waals surface area (Å²) in [6.07, 6.45) is 2.01. The topological polar surface area (TPSA) is 33.3 Å². The highest BCUT2D eigenvalue weighted by molar-refractivity contribution is 7.96. The molecule has 0 heterocycles. The first-order chi connectivity index (χ1) is 4.91. The van der Waals surface area contributed by atoms with Crippen LogP contribution in [0.15, 0.2) is 0 Å². The zero-order valence-electron chi connectivity index (χ0n) is 6.64. The van der Waals surface area contributed by atoms with Crippen LogP contribution in [0.1, 0.15) is 0 Å². The average molecular weight is 164 g/mol. The van der Waals surface area contributed by atoms with Gasteiger partial charge < -0.3 is 10.1 Å². The standard InChI is InChI=1S/C6H16N2OS/c1-7-3-5-9-6-4-8-10-2/h7-8H,3-6H2,1-2H3. The zero-order valence-corrected chi connectivity index (χ0v) is 7.46. The van der Waals surface area contributed by atoms with Gasteiger partial charge in [-0.15, -0.1) is 0 Å². The SMILES string of the molecule is CNCCOCCNSC. The van der Waals surface area contributed by atoms with E-state index in [-0.39, 0.29) is 0 Å². The number of hydrogen-bond acceptors (Lipinski definition) is 4. The van der Waals surface area contributed by atoms with E-state index in [4.69, 9.17) is 4.74 Å². The molecule has 0 fully saturated rings. The summed E-state index contributed by atoms with van der Waals surface area (Å²) in [7, 11) is 1.92. The molecule has 0 amide bonds. The van der Waals surface area contributed by atoms with Crippen molar-refractivity contribution in [3.05, 3.63) is 0 Å². The van der Waals surface area contributed by atoms with Crippen molar-refractivity contribution in [3.63, 3.8) is 0 Å². The Bertz CT molecular complexity index is 55.7. The Balaban J connectivity index is 2.65. The van der Waals surface area contributed by atoms with Crippen molar-refractivity contribution in [1.29, 1.82) is 0 Å². The monoisotopic (exact) mass is 164 g/mol. The van der Waals surface area contributed by atoms with Crippen molar-refractivity contribution >= 4 is 11.9 Å². The highest BCUT2D eigenvalue weighted by Crippen LogP contribution is 1.79. The molecule has 0 saturated heterocycles. The lowest BCUT2D eigenvalue weighted by molar-refractivity contribution is 0.143. The van der Waals surface area contributed by atoms with E-state index in [2.05, 4.69) is 10.0 Å². The molecule has 0 aliphatic carbocycles. The minimum atomic E-state index is 0.794. The lowest BCUT2D eigenvalue weighted by Crippen LogP contribution is -2.18. The van der Waals surface area contributed by atoms with Gasteiger partial charge in [0.15, 0.2) is 0 Å². The van der Waals surface area contributed by atoms with Gasteiger partial charge >= 0.3 is 0 Å². The fourth-order valence-electron chi connectivity index (χ4n) is 0.492. The molecule has 10 heavy (non-hydrogen) atoms. The summed E-state index contributed by atoms with van der Waals surface area (Å²) >= 11 is 1.62. The van der Waals surface area contributed by atoms with Crippen LogP contribution in [-0.4, -0.2) is 39.6 Å². The van der Waals surface area contributed by atoms with Gasteiger partial charge in [-0.3, -0.25) is 4.72 Å². The number of rotatable bonds is 7. The second-order valence-corrected chi connectivity index (χ2v) is 2.51. The Morgan fingerprint density at radius 1 is 1.30 bits per heavy atom. The van der Waals surface area contributed by atoms with Crippen LogP contribution in [0.5, 0.6) is 0 Å². The first kappa shape index (κ1) is 10.2. The number of likely N-dealkylation sites (N-methyl/N-ethyl adjacent to an activating group) is 1. The third-order valence-electron chi connectivity index (χ3n) is 0.989. The van der Waals surface area contributed by atoms with Crippen LogP contribution < -0.4 is 10.0 Å². The maximum absolute atomic E-state index is 5.24. The summed E-state index contributed by atoms with van der Waals surface area (Å²) in [5.74, 6) is 0. The number of ether oxygens (including phenoxy) is 1. The molecule has 0 aromatic heterocycles. The van der Waals surface area contributed by atoms with Gasteiger partial charge in [0.1, 0.15) is 0 Å². The predicted molar refractivity (Wildman–Crippen MR) is 46.3 cm³/mol. The molecule has 0 spiro atoms. The molecule has 0 aliphatic heterocycles. The Labute approximate surface area is 67.0 Å². The van der Waals surface area contributed by atoms with Gasteiger partial charge in [-0.25, -0.2) is 0 Å². The smallest absolute Gasteiger partial charge is 0.0600 e. The maximum Gasteiger partial charge on any atom is 0.0600 e. The van der Waals surface area contributed by atoms with E-state index >= 15 is 0 Å². The third kappa shape index (κ3) is 8.23. The van der Waals surface area contributed by atoms with Crippen LogP contribution in [0.3, 0.4) is 0 Å². The number of nitrogens with one attached hydrogen (secondary N) is 2. The lowest BCUT2D eigenvalue weighted by Gasteiger charge is -2.02. The fourth-order valence-corrected chi connectivity index (χ4v) is 0.780. The third-order valence-corrected chi connectivity index (χ3v) is 1.48. The predicted octanol–water partition coefficient (Wildman–Crippen LogP) is 0.0900. The fraction of sp³-hybridized carbons (Fsp3) is 1.00. The van der Waals surface area contributed by atoms with E-state index in [1.807, 2.05) is 13.3 Å². The Hall–Kier alpha value is 0.230. The molecule has 62 valence electrons. The van der Waals surface area contributed by atoms with E-state index in [0.717, 1.165) is 26.3 Å². The number of hydrogen-bond donors (Lipinski definition) is 2. The minimum Gasteiger partial charge on any atom is -0.379 e. The molecule has 0 aliphatic rings. The summed E-state index contributed by atoms with van der Waals surface area (Å²) in [6.45, 7) is 3.44. The molecule has 0 radical (unpaired) electrons. The van der Waals surface area contributed by atoms with Crippen LogP contribution in [-0.2, 0) is 4.74 Å². The van der Waals surface area contributed by atoms with Gasteiger partial charge in [-0.2, -0.15) is 0 Å². The van der Waals surface area contributed by atoms with Crippen LogP contribution in [0.25, 0.3) is 0 Å². The molecule has 0 aromatic carbocycles. The molecule has 0 rings (SSSR count). The van der Waals surface area contributed by atoms with Gasteiger partial charge in [0.25, 0.3) is 0 Å². The van der Waals surface area contributed by atoms with Crippen LogP contribution in [0.4, 0.5) is 0 Å². The Kier molecular flexibility index (Phi) is 9.44. The van der Waals surface area contributed by atoms with Crippen molar-refractivity contribution in [2.45, 2.75) is 0 Å². The van der Waals surface area contributed by atoms with Crippen molar-refractivity contribution in [2.24, 2.45) is 0 Å². The maximum atomic E-state index is 5.24. The first-order valence-corrected chi connectivity index (χ1v) is 4.62. The molecular weight excluding hydrogens is 148 g/mol. The molecular formula is C6H16N2OS. The molecule has 0 aromatic rings. The lowest BCUT2D eigenvalue weighted by atomic mass is 10.7. The van der Waals surface area contributed by atoms with Crippen molar-refractivity contribution < 1.29 is 4.74 Å². The Morgan fingerprint density at radius 2 is 2.00 bits per heavy atom.